The van der Waals surface area contributed by atoms with Gasteiger partial charge in [0.15, 0.2) is 0 Å². The fourth-order valence-corrected chi connectivity index (χ4v) is 1.43. The third-order valence-corrected chi connectivity index (χ3v) is 2.31. The van der Waals surface area contributed by atoms with Crippen molar-refractivity contribution >= 4 is 17.2 Å². The van der Waals surface area contributed by atoms with Crippen LogP contribution in [0.15, 0.2) is 42.6 Å². The lowest BCUT2D eigenvalue weighted by Gasteiger charge is -2.18. The lowest BCUT2D eigenvalue weighted by atomic mass is 10.3. The molecule has 0 atom stereocenters. The predicted octanol–water partition coefficient (Wildman–Crippen LogP) is 2.57. The highest BCUT2D eigenvalue weighted by Crippen LogP contribution is 2.23. The Morgan fingerprint density at radius 1 is 1.25 bits per heavy atom. The van der Waals surface area contributed by atoms with E-state index < -0.39 is 0 Å². The monoisotopic (exact) mass is 217 g/mol. The normalized spacial score (nSPS) is 10.1. The predicted molar refractivity (Wildman–Crippen MR) is 63.1 cm³/mol. The lowest BCUT2D eigenvalue weighted by Crippen LogP contribution is -2.11. The molecule has 82 valence electrons. The van der Waals surface area contributed by atoms with Gasteiger partial charge in [-0.15, -0.1) is 0 Å². The van der Waals surface area contributed by atoms with Crippen molar-refractivity contribution in [2.24, 2.45) is 0 Å². The van der Waals surface area contributed by atoms with Gasteiger partial charge in [-0.25, -0.2) is 9.37 Å². The smallest absolute Gasteiger partial charge is 0.134 e. The molecule has 0 amide bonds. The molecule has 0 spiro atoms. The van der Waals surface area contributed by atoms with Crippen LogP contribution in [-0.2, 0) is 0 Å². The molecule has 2 aromatic rings. The van der Waals surface area contributed by atoms with E-state index in [1.165, 1.54) is 12.1 Å². The van der Waals surface area contributed by atoms with Crippen LogP contribution in [0.5, 0.6) is 0 Å². The summed E-state index contributed by atoms with van der Waals surface area (Å²) in [7, 11) is 1.82. The van der Waals surface area contributed by atoms with Gasteiger partial charge in [0.1, 0.15) is 11.6 Å². The zero-order valence-corrected chi connectivity index (χ0v) is 8.89. The molecule has 2 rings (SSSR count). The molecule has 0 saturated carbocycles. The van der Waals surface area contributed by atoms with Crippen LogP contribution in [0.3, 0.4) is 0 Å². The number of halogens is 1. The van der Waals surface area contributed by atoms with Gasteiger partial charge in [0, 0.05) is 30.7 Å². The number of hydrogen-bond donors (Lipinski definition) is 1. The molecule has 0 aliphatic heterocycles. The van der Waals surface area contributed by atoms with E-state index in [9.17, 15) is 4.39 Å². The average Bonchev–Trinajstić information content (AvgIpc) is 2.28. The van der Waals surface area contributed by atoms with Crippen molar-refractivity contribution in [3.05, 3.63) is 48.4 Å². The SMILES string of the molecule is CN(c1cccc(F)c1)c1cc(N)ccn1. The molecule has 0 fully saturated rings. The highest BCUT2D eigenvalue weighted by molar-refractivity contribution is 5.61. The number of hydrogen-bond acceptors (Lipinski definition) is 3. The molecule has 1 aromatic carbocycles. The van der Waals surface area contributed by atoms with Crippen molar-refractivity contribution in [3.8, 4) is 0 Å². The number of pyridine rings is 1. The lowest BCUT2D eigenvalue weighted by molar-refractivity contribution is 0.628. The summed E-state index contributed by atoms with van der Waals surface area (Å²) in [5, 5.41) is 0. The first kappa shape index (κ1) is 10.4. The third kappa shape index (κ3) is 2.11. The maximum atomic E-state index is 13.1. The van der Waals surface area contributed by atoms with Crippen LogP contribution >= 0.6 is 0 Å². The largest absolute Gasteiger partial charge is 0.399 e. The summed E-state index contributed by atoms with van der Waals surface area (Å²) < 4.78 is 13.1. The molecule has 2 N–H and O–H groups in total. The molecular weight excluding hydrogens is 205 g/mol. The quantitative estimate of drug-likeness (QED) is 0.840. The van der Waals surface area contributed by atoms with Crippen molar-refractivity contribution in [1.29, 1.82) is 0 Å². The fraction of sp³-hybridized carbons (Fsp3) is 0.0833. The van der Waals surface area contributed by atoms with Crippen LogP contribution in [0.1, 0.15) is 0 Å². The molecule has 1 heterocycles. The molecule has 0 aliphatic carbocycles. The first-order valence-corrected chi connectivity index (χ1v) is 4.87. The van der Waals surface area contributed by atoms with E-state index in [4.69, 9.17) is 5.73 Å². The number of rotatable bonds is 2. The van der Waals surface area contributed by atoms with Crippen molar-refractivity contribution in [1.82, 2.24) is 4.98 Å². The molecule has 0 saturated heterocycles. The number of nitrogens with zero attached hydrogens (tertiary/aromatic N) is 2. The van der Waals surface area contributed by atoms with Crippen LogP contribution in [0.2, 0.25) is 0 Å². The zero-order valence-electron chi connectivity index (χ0n) is 8.89. The van der Waals surface area contributed by atoms with Crippen LogP contribution in [0, 0.1) is 5.82 Å². The first-order valence-electron chi connectivity index (χ1n) is 4.87. The van der Waals surface area contributed by atoms with Crippen LogP contribution in [0.25, 0.3) is 0 Å². The first-order chi connectivity index (χ1) is 7.66. The van der Waals surface area contributed by atoms with Gasteiger partial charge >= 0.3 is 0 Å². The topological polar surface area (TPSA) is 42.1 Å². The Labute approximate surface area is 93.3 Å². The minimum atomic E-state index is -0.270. The highest BCUT2D eigenvalue weighted by Gasteiger charge is 2.05. The van der Waals surface area contributed by atoms with Gasteiger partial charge in [0.25, 0.3) is 0 Å². The van der Waals surface area contributed by atoms with Crippen LogP contribution in [-0.4, -0.2) is 12.0 Å². The molecule has 4 heteroatoms. The minimum Gasteiger partial charge on any atom is -0.399 e. The fourth-order valence-electron chi connectivity index (χ4n) is 1.43. The summed E-state index contributed by atoms with van der Waals surface area (Å²) in [6.07, 6.45) is 1.63. The van der Waals surface area contributed by atoms with Crippen molar-refractivity contribution in [2.75, 3.05) is 17.7 Å². The maximum Gasteiger partial charge on any atom is 0.134 e. The summed E-state index contributed by atoms with van der Waals surface area (Å²) >= 11 is 0. The number of nitrogen functional groups attached to an aromatic ring is 1. The Morgan fingerprint density at radius 3 is 2.75 bits per heavy atom. The summed E-state index contributed by atoms with van der Waals surface area (Å²) in [4.78, 5) is 5.95. The minimum absolute atomic E-state index is 0.270. The molecule has 0 bridgehead atoms. The second kappa shape index (κ2) is 4.18. The molecule has 1 aromatic heterocycles. The van der Waals surface area contributed by atoms with E-state index in [1.807, 2.05) is 13.1 Å². The van der Waals surface area contributed by atoms with E-state index in [0.717, 1.165) is 5.69 Å². The zero-order chi connectivity index (χ0) is 11.5. The molecule has 0 aliphatic rings. The highest BCUT2D eigenvalue weighted by atomic mass is 19.1. The Morgan fingerprint density at radius 2 is 2.06 bits per heavy atom. The van der Waals surface area contributed by atoms with Crippen molar-refractivity contribution in [2.45, 2.75) is 0 Å². The molecule has 16 heavy (non-hydrogen) atoms. The van der Waals surface area contributed by atoms with E-state index in [2.05, 4.69) is 4.98 Å². The van der Waals surface area contributed by atoms with Gasteiger partial charge < -0.3 is 10.6 Å². The third-order valence-electron chi connectivity index (χ3n) is 2.31. The molecule has 3 nitrogen and oxygen atoms in total. The summed E-state index contributed by atoms with van der Waals surface area (Å²) in [6.45, 7) is 0. The number of anilines is 3. The van der Waals surface area contributed by atoms with E-state index in [1.54, 1.807) is 29.3 Å². The van der Waals surface area contributed by atoms with E-state index >= 15 is 0 Å². The van der Waals surface area contributed by atoms with Gasteiger partial charge in [-0.1, -0.05) is 6.07 Å². The average molecular weight is 217 g/mol. The van der Waals surface area contributed by atoms with Gasteiger partial charge in [0.2, 0.25) is 0 Å². The van der Waals surface area contributed by atoms with Crippen molar-refractivity contribution in [3.63, 3.8) is 0 Å². The van der Waals surface area contributed by atoms with E-state index in [-0.39, 0.29) is 5.82 Å². The Bertz CT molecular complexity index is 454. The standard InChI is InChI=1S/C12H12FN3/c1-16(11-4-2-3-9(13)7-11)12-8-10(14)5-6-15-12/h2-8H,1H3,(H2,14,15). The molecule has 0 unspecified atom stereocenters. The Hall–Kier alpha value is -2.10. The number of aromatic nitrogens is 1. The molecular formula is C12H12FN3. The summed E-state index contributed by atoms with van der Waals surface area (Å²) in [6, 6.07) is 9.78. The van der Waals surface area contributed by atoms with Crippen LogP contribution in [0.4, 0.5) is 21.6 Å². The number of benzene rings is 1. The van der Waals surface area contributed by atoms with Crippen molar-refractivity contribution < 1.29 is 4.39 Å². The van der Waals surface area contributed by atoms with Gasteiger partial charge in [-0.05, 0) is 24.3 Å². The van der Waals surface area contributed by atoms with Gasteiger partial charge in [-0.3, -0.25) is 0 Å². The molecule has 0 radical (unpaired) electrons. The van der Waals surface area contributed by atoms with E-state index in [0.29, 0.717) is 11.5 Å². The van der Waals surface area contributed by atoms with Gasteiger partial charge in [0.05, 0.1) is 0 Å². The summed E-state index contributed by atoms with van der Waals surface area (Å²) in [5.74, 6) is 0.416. The Kier molecular flexibility index (Phi) is 2.72. The maximum absolute atomic E-state index is 13.1. The van der Waals surface area contributed by atoms with Gasteiger partial charge in [-0.2, -0.15) is 0 Å². The second-order valence-electron chi connectivity index (χ2n) is 3.49. The Balaban J connectivity index is 2.35. The number of nitrogens with two attached hydrogens (primary N) is 1. The second-order valence-corrected chi connectivity index (χ2v) is 3.49. The summed E-state index contributed by atoms with van der Waals surface area (Å²) in [5.41, 5.74) is 7.03. The van der Waals surface area contributed by atoms with Crippen LogP contribution < -0.4 is 10.6 Å².